The van der Waals surface area contributed by atoms with Crippen LogP contribution in [-0.2, 0) is 11.3 Å². The number of halogens is 3. The fourth-order valence-corrected chi connectivity index (χ4v) is 3.68. The molecule has 7 heteroatoms. The predicted octanol–water partition coefficient (Wildman–Crippen LogP) is 3.59. The van der Waals surface area contributed by atoms with Crippen LogP contribution in [0.25, 0.3) is 0 Å². The maximum absolute atomic E-state index is 13.4. The fraction of sp³-hybridized carbons (Fsp3) is 0.400. The van der Waals surface area contributed by atoms with Crippen LogP contribution < -0.4 is 10.1 Å². The molecule has 4 nitrogen and oxygen atoms in total. The van der Waals surface area contributed by atoms with E-state index in [0.29, 0.717) is 13.2 Å². The van der Waals surface area contributed by atoms with Gasteiger partial charge in [0.15, 0.2) is 0 Å². The number of nitrogens with zero attached hydrogens (tertiary/aromatic N) is 1. The molecule has 0 saturated carbocycles. The van der Waals surface area contributed by atoms with Gasteiger partial charge in [-0.15, -0.1) is 24.8 Å². The first-order valence-corrected chi connectivity index (χ1v) is 8.84. The van der Waals surface area contributed by atoms with Crippen molar-refractivity contribution in [3.8, 4) is 5.75 Å². The molecule has 0 bridgehead atoms. The number of para-hydroxylation sites is 1. The number of benzene rings is 2. The van der Waals surface area contributed by atoms with E-state index in [1.165, 1.54) is 17.7 Å². The molecule has 0 amide bonds. The average Bonchev–Trinajstić information content (AvgIpc) is 2.66. The Morgan fingerprint density at radius 3 is 2.63 bits per heavy atom. The fourth-order valence-electron chi connectivity index (χ4n) is 3.68. The molecule has 2 heterocycles. The minimum absolute atomic E-state index is 0. The summed E-state index contributed by atoms with van der Waals surface area (Å²) in [4.78, 5) is 2.47. The Morgan fingerprint density at radius 1 is 1.07 bits per heavy atom. The van der Waals surface area contributed by atoms with Crippen molar-refractivity contribution in [2.24, 2.45) is 0 Å². The minimum Gasteiger partial charge on any atom is -0.490 e. The standard InChI is InChI=1S/C20H23FN2O2.2ClH/c21-16-5-3-4-15(12-16)13-24-19-14-25-18-7-2-1-6-17(18)20(19)23-10-8-22-9-11-23;;/h1-7,12,19-20,22H,8-11,13-14H2;2*1H/t19-,20-;;/m1../s1. The maximum atomic E-state index is 13.4. The Bertz CT molecular complexity index is 729. The minimum atomic E-state index is -0.231. The molecule has 27 heavy (non-hydrogen) atoms. The van der Waals surface area contributed by atoms with Gasteiger partial charge in [-0.05, 0) is 23.8 Å². The highest BCUT2D eigenvalue weighted by molar-refractivity contribution is 5.85. The molecule has 4 rings (SSSR count). The van der Waals surface area contributed by atoms with E-state index in [2.05, 4.69) is 16.3 Å². The van der Waals surface area contributed by atoms with Crippen LogP contribution >= 0.6 is 24.8 Å². The van der Waals surface area contributed by atoms with Crippen LogP contribution in [0.3, 0.4) is 0 Å². The zero-order valence-electron chi connectivity index (χ0n) is 15.0. The van der Waals surface area contributed by atoms with Crippen LogP contribution in [0.15, 0.2) is 48.5 Å². The summed E-state index contributed by atoms with van der Waals surface area (Å²) >= 11 is 0. The smallest absolute Gasteiger partial charge is 0.124 e. The van der Waals surface area contributed by atoms with Crippen LogP contribution in [0, 0.1) is 5.82 Å². The van der Waals surface area contributed by atoms with E-state index in [4.69, 9.17) is 9.47 Å². The van der Waals surface area contributed by atoms with Gasteiger partial charge >= 0.3 is 0 Å². The van der Waals surface area contributed by atoms with Crippen molar-refractivity contribution in [3.63, 3.8) is 0 Å². The molecule has 2 aromatic rings. The van der Waals surface area contributed by atoms with Crippen LogP contribution in [0.5, 0.6) is 5.75 Å². The van der Waals surface area contributed by atoms with E-state index in [0.717, 1.165) is 37.5 Å². The lowest BCUT2D eigenvalue weighted by Gasteiger charge is -2.42. The lowest BCUT2D eigenvalue weighted by Crippen LogP contribution is -2.51. The van der Waals surface area contributed by atoms with Crippen molar-refractivity contribution in [1.82, 2.24) is 10.2 Å². The number of rotatable bonds is 4. The zero-order valence-corrected chi connectivity index (χ0v) is 16.6. The highest BCUT2D eigenvalue weighted by atomic mass is 35.5. The highest BCUT2D eigenvalue weighted by Gasteiger charge is 2.36. The number of hydrogen-bond donors (Lipinski definition) is 1. The molecule has 0 aromatic heterocycles. The third-order valence-electron chi connectivity index (χ3n) is 4.89. The molecule has 0 unspecified atom stereocenters. The molecule has 2 atom stereocenters. The summed E-state index contributed by atoms with van der Waals surface area (Å²) in [6.07, 6.45) is -0.0729. The molecule has 1 fully saturated rings. The lowest BCUT2D eigenvalue weighted by molar-refractivity contribution is -0.0617. The van der Waals surface area contributed by atoms with E-state index in [9.17, 15) is 4.39 Å². The van der Waals surface area contributed by atoms with Crippen molar-refractivity contribution < 1.29 is 13.9 Å². The molecule has 0 radical (unpaired) electrons. The average molecular weight is 415 g/mol. The van der Waals surface area contributed by atoms with Gasteiger partial charge in [0.25, 0.3) is 0 Å². The lowest BCUT2D eigenvalue weighted by atomic mass is 9.95. The summed E-state index contributed by atoms with van der Waals surface area (Å²) in [6.45, 7) is 4.83. The number of nitrogens with one attached hydrogen (secondary N) is 1. The molecule has 2 aromatic carbocycles. The SMILES string of the molecule is Cl.Cl.Fc1cccc(CO[C@@H]2COc3ccccc3[C@H]2N2CCNCC2)c1. The quantitative estimate of drug-likeness (QED) is 0.828. The van der Waals surface area contributed by atoms with E-state index in [1.54, 1.807) is 6.07 Å². The van der Waals surface area contributed by atoms with Gasteiger partial charge < -0.3 is 14.8 Å². The number of piperazine rings is 1. The topological polar surface area (TPSA) is 33.7 Å². The van der Waals surface area contributed by atoms with E-state index in [-0.39, 0.29) is 42.8 Å². The summed E-state index contributed by atoms with van der Waals surface area (Å²) in [5, 5.41) is 3.40. The van der Waals surface area contributed by atoms with Crippen molar-refractivity contribution in [1.29, 1.82) is 0 Å². The second-order valence-corrected chi connectivity index (χ2v) is 6.56. The molecule has 148 valence electrons. The van der Waals surface area contributed by atoms with Crippen LogP contribution in [0.1, 0.15) is 17.2 Å². The zero-order chi connectivity index (χ0) is 17.1. The first-order valence-electron chi connectivity index (χ1n) is 8.84. The summed E-state index contributed by atoms with van der Waals surface area (Å²) in [7, 11) is 0. The summed E-state index contributed by atoms with van der Waals surface area (Å²) < 4.78 is 25.5. The molecular formula is C20H25Cl2FN2O2. The van der Waals surface area contributed by atoms with Gasteiger partial charge in [0.2, 0.25) is 0 Å². The summed E-state index contributed by atoms with van der Waals surface area (Å²) in [6, 6.07) is 14.9. The number of fused-ring (bicyclic) bond motifs is 1. The van der Waals surface area contributed by atoms with Gasteiger partial charge in [0.05, 0.1) is 12.6 Å². The Balaban J connectivity index is 0.00000131. The summed E-state index contributed by atoms with van der Waals surface area (Å²) in [5.41, 5.74) is 2.03. The second-order valence-electron chi connectivity index (χ2n) is 6.56. The monoisotopic (exact) mass is 414 g/mol. The Kier molecular flexibility index (Phi) is 8.32. The van der Waals surface area contributed by atoms with Gasteiger partial charge in [-0.25, -0.2) is 4.39 Å². The summed E-state index contributed by atoms with van der Waals surface area (Å²) in [5.74, 6) is 0.710. The molecule has 0 spiro atoms. The maximum Gasteiger partial charge on any atom is 0.124 e. The predicted molar refractivity (Wildman–Crippen MR) is 109 cm³/mol. The number of ether oxygens (including phenoxy) is 2. The third kappa shape index (κ3) is 5.12. The first kappa shape index (κ1) is 21.9. The highest BCUT2D eigenvalue weighted by Crippen LogP contribution is 2.37. The van der Waals surface area contributed by atoms with Crippen molar-refractivity contribution in [2.45, 2.75) is 18.8 Å². The van der Waals surface area contributed by atoms with E-state index < -0.39 is 0 Å². The molecule has 0 aliphatic carbocycles. The van der Waals surface area contributed by atoms with E-state index >= 15 is 0 Å². The Labute approximate surface area is 171 Å². The molecular weight excluding hydrogens is 390 g/mol. The molecule has 1 saturated heterocycles. The van der Waals surface area contributed by atoms with Crippen LogP contribution in [0.2, 0.25) is 0 Å². The molecule has 1 N–H and O–H groups in total. The van der Waals surface area contributed by atoms with E-state index in [1.807, 2.05) is 24.3 Å². The van der Waals surface area contributed by atoms with Gasteiger partial charge in [0.1, 0.15) is 24.3 Å². The Hall–Kier alpha value is -1.37. The van der Waals surface area contributed by atoms with Crippen molar-refractivity contribution in [3.05, 3.63) is 65.5 Å². The van der Waals surface area contributed by atoms with Gasteiger partial charge in [-0.2, -0.15) is 0 Å². The largest absolute Gasteiger partial charge is 0.490 e. The third-order valence-corrected chi connectivity index (χ3v) is 4.89. The van der Waals surface area contributed by atoms with Gasteiger partial charge in [-0.3, -0.25) is 4.90 Å². The van der Waals surface area contributed by atoms with Crippen LogP contribution in [-0.4, -0.2) is 43.8 Å². The normalized spacial score (nSPS) is 22.0. The van der Waals surface area contributed by atoms with Crippen molar-refractivity contribution in [2.75, 3.05) is 32.8 Å². The number of hydrogen-bond acceptors (Lipinski definition) is 4. The first-order chi connectivity index (χ1) is 12.3. The molecule has 2 aliphatic heterocycles. The Morgan fingerprint density at radius 2 is 1.85 bits per heavy atom. The van der Waals surface area contributed by atoms with Gasteiger partial charge in [-0.1, -0.05) is 30.3 Å². The van der Waals surface area contributed by atoms with Crippen LogP contribution in [0.4, 0.5) is 4.39 Å². The van der Waals surface area contributed by atoms with Gasteiger partial charge in [0, 0.05) is 31.7 Å². The molecule has 2 aliphatic rings. The second kappa shape index (κ2) is 10.2. The van der Waals surface area contributed by atoms with Crippen molar-refractivity contribution >= 4 is 24.8 Å².